The number of carboxylic acids is 1. The van der Waals surface area contributed by atoms with Crippen molar-refractivity contribution in [2.75, 3.05) is 37.8 Å². The van der Waals surface area contributed by atoms with Gasteiger partial charge in [0.05, 0.1) is 26.0 Å². The van der Waals surface area contributed by atoms with Crippen molar-refractivity contribution >= 4 is 80.9 Å². The molecule has 374 valence electrons. The highest BCUT2D eigenvalue weighted by Gasteiger charge is 2.50. The van der Waals surface area contributed by atoms with Crippen molar-refractivity contribution in [2.45, 2.75) is 122 Å². The molecule has 0 spiro atoms. The number of ether oxygens (including phenoxy) is 1. The van der Waals surface area contributed by atoms with E-state index in [1.54, 1.807) is 0 Å². The number of hydrogen-bond donors (Lipinski definition) is 10. The molecule has 1 aliphatic heterocycles. The number of nitrogens with one attached hydrogen (secondary N) is 2. The molecule has 1 saturated heterocycles. The molecule has 0 saturated carbocycles. The average molecular weight is 1020 g/mol. The Morgan fingerprint density at radius 3 is 2.15 bits per heavy atom. The Labute approximate surface area is 382 Å². The van der Waals surface area contributed by atoms with Crippen LogP contribution in [0.25, 0.3) is 11.2 Å². The summed E-state index contributed by atoms with van der Waals surface area (Å²) in [6, 6.07) is 0. The van der Waals surface area contributed by atoms with Crippen LogP contribution < -0.4 is 16.4 Å². The quantitative estimate of drug-likeness (QED) is 0.0283. The van der Waals surface area contributed by atoms with E-state index in [0.29, 0.717) is 19.3 Å². The maximum absolute atomic E-state index is 12.7. The highest BCUT2D eigenvalue weighted by atomic mass is 32.2. The minimum Gasteiger partial charge on any atom is -0.481 e. The summed E-state index contributed by atoms with van der Waals surface area (Å²) in [5, 5.41) is 34.7. The molecule has 2 aromatic heterocycles. The molecule has 3 heterocycles. The zero-order valence-corrected chi connectivity index (χ0v) is 39.6. The van der Waals surface area contributed by atoms with Gasteiger partial charge < -0.3 is 56.0 Å². The van der Waals surface area contributed by atoms with E-state index in [1.165, 1.54) is 13.8 Å². The minimum atomic E-state index is -5.60. The van der Waals surface area contributed by atoms with E-state index in [4.69, 9.17) is 24.6 Å². The molecule has 31 heteroatoms. The molecule has 66 heavy (non-hydrogen) atoms. The summed E-state index contributed by atoms with van der Waals surface area (Å²) in [7, 11) is -16.5. The number of aromatic nitrogens is 4. The molecule has 1 aliphatic rings. The van der Waals surface area contributed by atoms with Crippen LogP contribution in [0.5, 0.6) is 0 Å². The number of aliphatic carboxylic acids is 1. The number of nitrogen functional groups attached to an aromatic ring is 1. The molecule has 2 unspecified atom stereocenters. The van der Waals surface area contributed by atoms with Crippen molar-refractivity contribution in [3.63, 3.8) is 0 Å². The van der Waals surface area contributed by atoms with Crippen LogP contribution in [0.3, 0.4) is 0 Å². The summed E-state index contributed by atoms with van der Waals surface area (Å²) in [4.78, 5) is 111. The zero-order valence-electron chi connectivity index (χ0n) is 36.1. The lowest BCUT2D eigenvalue weighted by molar-refractivity contribution is -0.137. The monoisotopic (exact) mass is 1020 g/mol. The first-order valence-electron chi connectivity index (χ1n) is 20.6. The smallest absolute Gasteiger partial charge is 0.481 e. The number of phosphoric ester groups is 3. The largest absolute Gasteiger partial charge is 0.481 e. The van der Waals surface area contributed by atoms with Gasteiger partial charge in [0.2, 0.25) is 11.8 Å². The summed E-state index contributed by atoms with van der Waals surface area (Å²) in [5.41, 5.74) is 4.21. The second-order valence-electron chi connectivity index (χ2n) is 15.7. The second kappa shape index (κ2) is 26.5. The lowest BCUT2D eigenvalue weighted by Gasteiger charge is -2.30. The molecule has 7 atom stereocenters. The Morgan fingerprint density at radius 1 is 0.894 bits per heavy atom. The fourth-order valence-corrected chi connectivity index (χ4v) is 9.78. The third kappa shape index (κ3) is 20.1. The number of carbonyl (C=O) groups excluding carboxylic acids is 4. The van der Waals surface area contributed by atoms with Crippen LogP contribution >= 0.6 is 35.2 Å². The first-order chi connectivity index (χ1) is 30.8. The summed E-state index contributed by atoms with van der Waals surface area (Å²) >= 11 is 0.899. The van der Waals surface area contributed by atoms with Gasteiger partial charge in [-0.25, -0.2) is 28.6 Å². The van der Waals surface area contributed by atoms with Crippen molar-refractivity contribution in [2.24, 2.45) is 5.41 Å². The number of rotatable bonds is 32. The highest BCUT2D eigenvalue weighted by molar-refractivity contribution is 8.13. The van der Waals surface area contributed by atoms with Gasteiger partial charge in [-0.1, -0.05) is 64.1 Å². The number of anilines is 1. The van der Waals surface area contributed by atoms with Gasteiger partial charge in [0.1, 0.15) is 42.0 Å². The van der Waals surface area contributed by atoms with Gasteiger partial charge in [-0.3, -0.25) is 42.1 Å². The fraction of sp³-hybridized carbons (Fsp3) is 0.714. The van der Waals surface area contributed by atoms with E-state index in [-0.39, 0.29) is 66.0 Å². The number of fused-ring (bicyclic) bond motifs is 1. The second-order valence-corrected chi connectivity index (χ2v) is 21.1. The van der Waals surface area contributed by atoms with Crippen LogP contribution in [0.4, 0.5) is 5.82 Å². The number of carbonyl (C=O) groups is 5. The summed E-state index contributed by atoms with van der Waals surface area (Å²) < 4.78 is 62.3. The first-order valence-corrected chi connectivity index (χ1v) is 26.1. The van der Waals surface area contributed by atoms with Crippen molar-refractivity contribution < 1.29 is 95.2 Å². The van der Waals surface area contributed by atoms with Gasteiger partial charge in [0.25, 0.3) is 0 Å². The number of thioether (sulfide) groups is 1. The predicted octanol–water partition coefficient (Wildman–Crippen LogP) is 1.61. The number of unbranched alkanes of at least 4 members (excludes halogenated alkanes) is 7. The van der Waals surface area contributed by atoms with Crippen LogP contribution in [0.15, 0.2) is 12.7 Å². The number of aliphatic hydroxyl groups excluding tert-OH is 2. The third-order valence-corrected chi connectivity index (χ3v) is 13.7. The highest BCUT2D eigenvalue weighted by Crippen LogP contribution is 2.61. The van der Waals surface area contributed by atoms with Crippen LogP contribution in [0, 0.1) is 5.41 Å². The number of Topliss-reactive ketones (excluding diaryl/α,β-unsaturated/α-hetero) is 1. The van der Waals surface area contributed by atoms with Crippen LogP contribution in [-0.4, -0.2) is 140 Å². The lowest BCUT2D eigenvalue weighted by Crippen LogP contribution is -2.46. The maximum Gasteiger partial charge on any atom is 0.481 e. The summed E-state index contributed by atoms with van der Waals surface area (Å²) in [6.07, 6.45) is 0.198. The van der Waals surface area contributed by atoms with E-state index in [2.05, 4.69) is 34.4 Å². The molecular formula is C35H58N7O20P3S. The summed E-state index contributed by atoms with van der Waals surface area (Å²) in [6.45, 7) is 0.245. The van der Waals surface area contributed by atoms with E-state index in [0.717, 1.165) is 67.5 Å². The predicted molar refractivity (Wildman–Crippen MR) is 231 cm³/mol. The molecule has 3 rings (SSSR count). The number of amides is 2. The SMILES string of the molecule is CC(C)(COP(=O)(O)OP(=O)(O)OC[C@H]1O[C@@H](n2cnc3c(N)ncnc32)[C@H](O)[C@@H]1OP(=O)(O)O)[C@@H](O)C(=O)NCCC(=O)NCCSC(=O)CC(=O)CCCCCCCCCCC(=O)O. The molecule has 27 nitrogen and oxygen atoms in total. The Hall–Kier alpha value is -3.30. The Morgan fingerprint density at radius 2 is 1.52 bits per heavy atom. The maximum atomic E-state index is 12.7. The normalized spacial score (nSPS) is 20.1. The van der Waals surface area contributed by atoms with E-state index in [1.807, 2.05) is 0 Å². The number of hydrogen-bond acceptors (Lipinski definition) is 20. The van der Waals surface area contributed by atoms with Crippen molar-refractivity contribution in [1.29, 1.82) is 0 Å². The molecule has 1 fully saturated rings. The molecule has 0 radical (unpaired) electrons. The van der Waals surface area contributed by atoms with Gasteiger partial charge in [-0.15, -0.1) is 0 Å². The number of imidazole rings is 1. The molecular weight excluding hydrogens is 963 g/mol. The van der Waals surface area contributed by atoms with Gasteiger partial charge in [-0.2, -0.15) is 4.31 Å². The molecule has 0 aromatic carbocycles. The first kappa shape index (κ1) is 57.0. The van der Waals surface area contributed by atoms with E-state index in [9.17, 15) is 67.5 Å². The number of ketones is 1. The zero-order chi connectivity index (χ0) is 49.3. The number of phosphoric acid groups is 3. The average Bonchev–Trinajstić information content (AvgIpc) is 3.78. The topological polar surface area (TPSA) is 418 Å². The number of nitrogens with two attached hydrogens (primary N) is 1. The number of aliphatic hydroxyl groups is 2. The summed E-state index contributed by atoms with van der Waals surface area (Å²) in [5.74, 6) is -2.32. The van der Waals surface area contributed by atoms with Crippen LogP contribution in [0.2, 0.25) is 0 Å². The molecule has 2 aromatic rings. The van der Waals surface area contributed by atoms with E-state index >= 15 is 0 Å². The van der Waals surface area contributed by atoms with Crippen molar-refractivity contribution in [3.05, 3.63) is 12.7 Å². The minimum absolute atomic E-state index is 0.0195. The molecule has 0 aliphatic carbocycles. The molecule has 11 N–H and O–H groups in total. The third-order valence-electron chi connectivity index (χ3n) is 9.70. The van der Waals surface area contributed by atoms with Crippen LogP contribution in [-0.2, 0) is 60.3 Å². The van der Waals surface area contributed by atoms with Crippen molar-refractivity contribution in [3.8, 4) is 0 Å². The lowest BCUT2D eigenvalue weighted by atomic mass is 9.87. The Kier molecular flexibility index (Phi) is 22.9. The Bertz CT molecular complexity index is 2110. The fourth-order valence-electron chi connectivity index (χ4n) is 6.25. The van der Waals surface area contributed by atoms with Gasteiger partial charge >= 0.3 is 29.4 Å². The van der Waals surface area contributed by atoms with Gasteiger partial charge in [0, 0.05) is 43.5 Å². The number of nitrogens with zero attached hydrogens (tertiary/aromatic N) is 4. The van der Waals surface area contributed by atoms with Gasteiger partial charge in [-0.05, 0) is 12.8 Å². The Balaban J connectivity index is 1.34. The molecule has 2 amide bonds. The van der Waals surface area contributed by atoms with Gasteiger partial charge in [0.15, 0.2) is 22.8 Å². The van der Waals surface area contributed by atoms with Crippen LogP contribution in [0.1, 0.15) is 97.1 Å². The molecule has 0 bridgehead atoms. The standard InChI is InChI=1S/C35H58N7O20P3S/c1-35(2,30(49)33(50)38-14-13-24(44)37-15-16-66-26(47)17-22(43)11-9-7-5-3-4-6-8-10-12-25(45)46)19-59-65(56,57)62-64(54,55)58-18-23-29(61-63(51,52)53)28(48)34(60-23)42-21-41-27-31(36)39-20-40-32(27)42/h20-21,23,28-30,34,48-49H,3-19H2,1-2H3,(H,37,44)(H,38,50)(H,45,46)(H,54,55)(H,56,57)(H2,36,39,40)(H2,51,52,53)/t23-,28-,29-,30+,34-/m1/s1. The van der Waals surface area contributed by atoms with Crippen molar-refractivity contribution in [1.82, 2.24) is 30.2 Å². The van der Waals surface area contributed by atoms with E-state index < -0.39 is 90.5 Å². The number of carboxylic acid groups (broad SMARTS) is 1.